The molecule has 0 unspecified atom stereocenters. The molecule has 0 fully saturated rings. The fourth-order valence-corrected chi connectivity index (χ4v) is 1.37. The Kier molecular flexibility index (Phi) is 3.36. The summed E-state index contributed by atoms with van der Waals surface area (Å²) in [7, 11) is 0. The second-order valence-corrected chi connectivity index (χ2v) is 3.26. The highest BCUT2D eigenvalue weighted by molar-refractivity contribution is 7.10. The fraction of sp³-hybridized carbons (Fsp3) is 0.222. The minimum absolute atomic E-state index is 0.222. The summed E-state index contributed by atoms with van der Waals surface area (Å²) in [6.45, 7) is 2.26. The number of oxime groups is 1. The van der Waals surface area contributed by atoms with E-state index in [0.29, 0.717) is 0 Å². The Morgan fingerprint density at radius 1 is 1.83 bits per heavy atom. The van der Waals surface area contributed by atoms with Gasteiger partial charge in [-0.05, 0) is 18.4 Å². The van der Waals surface area contributed by atoms with Gasteiger partial charge in [0.25, 0.3) is 0 Å². The summed E-state index contributed by atoms with van der Waals surface area (Å²) in [4.78, 5) is 5.97. The number of hydrogen-bond acceptors (Lipinski definition) is 3. The molecule has 0 aliphatic rings. The molecule has 0 saturated carbocycles. The summed E-state index contributed by atoms with van der Waals surface area (Å²) in [5, 5.41) is 5.72. The Balaban J connectivity index is 2.47. The van der Waals surface area contributed by atoms with Crippen LogP contribution in [0.25, 0.3) is 0 Å². The van der Waals surface area contributed by atoms with Crippen molar-refractivity contribution in [3.05, 3.63) is 21.9 Å². The average molecular weight is 179 g/mol. The van der Waals surface area contributed by atoms with E-state index in [9.17, 15) is 0 Å². The molecule has 0 aromatic carbocycles. The number of terminal acetylenes is 1. The van der Waals surface area contributed by atoms with Gasteiger partial charge < -0.3 is 4.84 Å². The topological polar surface area (TPSA) is 21.6 Å². The molecule has 0 atom stereocenters. The summed E-state index contributed by atoms with van der Waals surface area (Å²) in [5.74, 6) is 2.33. The molecule has 1 aromatic rings. The van der Waals surface area contributed by atoms with E-state index >= 15 is 0 Å². The number of nitrogens with zero attached hydrogens (tertiary/aromatic N) is 1. The highest BCUT2D eigenvalue weighted by Gasteiger charge is 1.93. The molecule has 0 saturated heterocycles. The number of rotatable bonds is 3. The molecule has 0 aliphatic carbocycles. The lowest BCUT2D eigenvalue weighted by Crippen LogP contribution is -1.84. The van der Waals surface area contributed by atoms with Crippen molar-refractivity contribution in [1.29, 1.82) is 0 Å². The van der Waals surface area contributed by atoms with Crippen LogP contribution in [0.15, 0.2) is 16.6 Å². The van der Waals surface area contributed by atoms with E-state index in [-0.39, 0.29) is 6.61 Å². The minimum atomic E-state index is 0.222. The van der Waals surface area contributed by atoms with Gasteiger partial charge in [-0.1, -0.05) is 11.1 Å². The molecule has 2 nitrogen and oxygen atoms in total. The van der Waals surface area contributed by atoms with Gasteiger partial charge in [0.2, 0.25) is 0 Å². The van der Waals surface area contributed by atoms with E-state index in [4.69, 9.17) is 11.3 Å². The fourth-order valence-electron chi connectivity index (χ4n) is 0.697. The van der Waals surface area contributed by atoms with Crippen LogP contribution < -0.4 is 0 Å². The molecule has 0 spiro atoms. The van der Waals surface area contributed by atoms with Crippen molar-refractivity contribution in [3.8, 4) is 12.3 Å². The van der Waals surface area contributed by atoms with E-state index in [2.05, 4.69) is 11.1 Å². The largest absolute Gasteiger partial charge is 0.383 e. The van der Waals surface area contributed by atoms with Gasteiger partial charge in [0.15, 0.2) is 6.61 Å². The van der Waals surface area contributed by atoms with E-state index in [1.807, 2.05) is 18.4 Å². The van der Waals surface area contributed by atoms with Gasteiger partial charge >= 0.3 is 0 Å². The number of aryl methyl sites for hydroxylation is 1. The lowest BCUT2D eigenvalue weighted by molar-refractivity contribution is 0.181. The number of hydrogen-bond donors (Lipinski definition) is 0. The van der Waals surface area contributed by atoms with Gasteiger partial charge in [-0.2, -0.15) is 0 Å². The third-order valence-corrected chi connectivity index (χ3v) is 2.17. The van der Waals surface area contributed by atoms with Gasteiger partial charge in [0, 0.05) is 10.4 Å². The summed E-state index contributed by atoms with van der Waals surface area (Å²) >= 11 is 1.68. The van der Waals surface area contributed by atoms with Gasteiger partial charge in [0.05, 0.1) is 6.21 Å². The zero-order chi connectivity index (χ0) is 8.81. The van der Waals surface area contributed by atoms with Crippen LogP contribution in [0, 0.1) is 19.3 Å². The van der Waals surface area contributed by atoms with E-state index in [1.54, 1.807) is 17.6 Å². The second-order valence-electron chi connectivity index (χ2n) is 2.14. The Morgan fingerprint density at radius 2 is 2.67 bits per heavy atom. The van der Waals surface area contributed by atoms with Crippen molar-refractivity contribution in [1.82, 2.24) is 0 Å². The van der Waals surface area contributed by atoms with Crippen LogP contribution in [0.1, 0.15) is 10.4 Å². The maximum Gasteiger partial charge on any atom is 0.177 e. The van der Waals surface area contributed by atoms with Crippen LogP contribution >= 0.6 is 11.3 Å². The van der Waals surface area contributed by atoms with Crippen molar-refractivity contribution >= 4 is 17.6 Å². The minimum Gasteiger partial charge on any atom is -0.383 e. The molecule has 1 aromatic heterocycles. The lowest BCUT2D eigenvalue weighted by atomic mass is 10.3. The first-order valence-corrected chi connectivity index (χ1v) is 4.35. The van der Waals surface area contributed by atoms with E-state index in [0.717, 1.165) is 5.56 Å². The monoisotopic (exact) mass is 179 g/mol. The van der Waals surface area contributed by atoms with Gasteiger partial charge in [-0.25, -0.2) is 0 Å². The predicted molar refractivity (Wildman–Crippen MR) is 51.4 cm³/mol. The van der Waals surface area contributed by atoms with Crippen LogP contribution in [0.2, 0.25) is 0 Å². The summed E-state index contributed by atoms with van der Waals surface area (Å²) in [6, 6.07) is 1.99. The first-order valence-electron chi connectivity index (χ1n) is 3.47. The molecule has 0 amide bonds. The predicted octanol–water partition coefficient (Wildman–Crippen LogP) is 2.04. The zero-order valence-corrected chi connectivity index (χ0v) is 7.60. The van der Waals surface area contributed by atoms with Crippen LogP contribution in [-0.2, 0) is 4.84 Å². The maximum atomic E-state index is 4.97. The molecule has 3 heteroatoms. The maximum absolute atomic E-state index is 4.97. The SMILES string of the molecule is C#CCO/N=C\c1ccsc1C. The lowest BCUT2D eigenvalue weighted by Gasteiger charge is -1.90. The number of thiophene rings is 1. The summed E-state index contributed by atoms with van der Waals surface area (Å²) in [5.41, 5.74) is 1.08. The molecular formula is C9H9NOS. The Bertz CT molecular complexity index is 309. The van der Waals surface area contributed by atoms with Crippen LogP contribution in [-0.4, -0.2) is 12.8 Å². The highest BCUT2D eigenvalue weighted by atomic mass is 32.1. The van der Waals surface area contributed by atoms with Crippen LogP contribution in [0.3, 0.4) is 0 Å². The first kappa shape index (κ1) is 8.82. The molecule has 12 heavy (non-hydrogen) atoms. The third-order valence-electron chi connectivity index (χ3n) is 1.31. The summed E-state index contributed by atoms with van der Waals surface area (Å²) < 4.78 is 0. The Morgan fingerprint density at radius 3 is 3.25 bits per heavy atom. The molecule has 1 heterocycles. The van der Waals surface area contributed by atoms with E-state index < -0.39 is 0 Å². The third kappa shape index (κ3) is 2.40. The first-order chi connectivity index (χ1) is 5.84. The molecule has 0 aliphatic heterocycles. The van der Waals surface area contributed by atoms with Gasteiger partial charge in [-0.3, -0.25) is 0 Å². The molecule has 0 N–H and O–H groups in total. The molecule has 1 rings (SSSR count). The van der Waals surface area contributed by atoms with Crippen molar-refractivity contribution in [2.75, 3.05) is 6.61 Å². The molecule has 0 bridgehead atoms. The molecule has 0 radical (unpaired) electrons. The van der Waals surface area contributed by atoms with Gasteiger partial charge in [-0.15, -0.1) is 17.8 Å². The van der Waals surface area contributed by atoms with Crippen molar-refractivity contribution in [2.45, 2.75) is 6.92 Å². The Hall–Kier alpha value is -1.27. The molecular weight excluding hydrogens is 170 g/mol. The zero-order valence-electron chi connectivity index (χ0n) is 6.78. The highest BCUT2D eigenvalue weighted by Crippen LogP contribution is 2.12. The van der Waals surface area contributed by atoms with Crippen LogP contribution in [0.4, 0.5) is 0 Å². The van der Waals surface area contributed by atoms with E-state index in [1.165, 1.54) is 4.88 Å². The summed E-state index contributed by atoms with van der Waals surface area (Å²) in [6.07, 6.45) is 6.64. The Labute approximate surface area is 75.9 Å². The van der Waals surface area contributed by atoms with Crippen molar-refractivity contribution < 1.29 is 4.84 Å². The van der Waals surface area contributed by atoms with Gasteiger partial charge in [0.1, 0.15) is 0 Å². The average Bonchev–Trinajstić information content (AvgIpc) is 2.46. The quantitative estimate of drug-likeness (QED) is 0.301. The molecule has 62 valence electrons. The normalized spacial score (nSPS) is 10.0. The van der Waals surface area contributed by atoms with Crippen molar-refractivity contribution in [3.63, 3.8) is 0 Å². The standard InChI is InChI=1S/C9H9NOS/c1-3-5-11-10-7-9-4-6-12-8(9)2/h1,4,6-7H,5H2,2H3/b10-7-. The van der Waals surface area contributed by atoms with Crippen molar-refractivity contribution in [2.24, 2.45) is 5.16 Å². The second kappa shape index (κ2) is 4.58. The smallest absolute Gasteiger partial charge is 0.177 e. The van der Waals surface area contributed by atoms with Crippen LogP contribution in [0.5, 0.6) is 0 Å².